The molecule has 0 spiro atoms. The summed E-state index contributed by atoms with van der Waals surface area (Å²) in [5, 5.41) is 12.2. The second-order valence-corrected chi connectivity index (χ2v) is 4.22. The largest absolute Gasteiger partial charge is 0.496 e. The molecule has 0 bridgehead atoms. The third-order valence-electron chi connectivity index (χ3n) is 2.36. The molecule has 0 atom stereocenters. The SMILES string of the molecule is COc1c(C)cc(Cl)cc1CNC/C=C/C(=O)O. The fourth-order valence-electron chi connectivity index (χ4n) is 1.67. The summed E-state index contributed by atoms with van der Waals surface area (Å²) < 4.78 is 5.32. The molecule has 1 aromatic rings. The van der Waals surface area contributed by atoms with Crippen LogP contribution >= 0.6 is 11.6 Å². The number of hydrogen-bond acceptors (Lipinski definition) is 3. The highest BCUT2D eigenvalue weighted by Gasteiger charge is 2.07. The molecule has 0 aliphatic rings. The summed E-state index contributed by atoms with van der Waals surface area (Å²) in [6.45, 7) is 2.97. The Kier molecular flexibility index (Phi) is 5.68. The van der Waals surface area contributed by atoms with E-state index in [4.69, 9.17) is 21.4 Å². The highest BCUT2D eigenvalue weighted by atomic mass is 35.5. The number of rotatable bonds is 6. The van der Waals surface area contributed by atoms with Crippen molar-refractivity contribution in [1.82, 2.24) is 5.32 Å². The van der Waals surface area contributed by atoms with E-state index in [0.717, 1.165) is 23.0 Å². The van der Waals surface area contributed by atoms with E-state index in [1.165, 1.54) is 0 Å². The second-order valence-electron chi connectivity index (χ2n) is 3.79. The van der Waals surface area contributed by atoms with Crippen molar-refractivity contribution in [3.05, 3.63) is 40.4 Å². The van der Waals surface area contributed by atoms with Crippen molar-refractivity contribution in [2.75, 3.05) is 13.7 Å². The molecule has 2 N–H and O–H groups in total. The predicted octanol–water partition coefficient (Wildman–Crippen LogP) is 2.39. The van der Waals surface area contributed by atoms with Crippen molar-refractivity contribution >= 4 is 17.6 Å². The minimum atomic E-state index is -0.951. The average Bonchev–Trinajstić information content (AvgIpc) is 2.27. The summed E-state index contributed by atoms with van der Waals surface area (Å²) in [6.07, 6.45) is 2.65. The van der Waals surface area contributed by atoms with Crippen LogP contribution in [0, 0.1) is 6.92 Å². The van der Waals surface area contributed by atoms with E-state index in [1.807, 2.05) is 19.1 Å². The molecule has 0 unspecified atom stereocenters. The summed E-state index contributed by atoms with van der Waals surface area (Å²) in [5.41, 5.74) is 1.93. The monoisotopic (exact) mass is 269 g/mol. The van der Waals surface area contributed by atoms with Crippen molar-refractivity contribution < 1.29 is 14.6 Å². The van der Waals surface area contributed by atoms with E-state index in [0.29, 0.717) is 18.1 Å². The molecular weight excluding hydrogens is 254 g/mol. The lowest BCUT2D eigenvalue weighted by molar-refractivity contribution is -0.131. The lowest BCUT2D eigenvalue weighted by atomic mass is 10.1. The number of halogens is 1. The van der Waals surface area contributed by atoms with Crippen molar-refractivity contribution in [2.45, 2.75) is 13.5 Å². The van der Waals surface area contributed by atoms with E-state index < -0.39 is 5.97 Å². The molecule has 0 saturated heterocycles. The van der Waals surface area contributed by atoms with Crippen LogP contribution < -0.4 is 10.1 Å². The molecular formula is C13H16ClNO3. The third kappa shape index (κ3) is 4.39. The zero-order valence-corrected chi connectivity index (χ0v) is 11.1. The van der Waals surface area contributed by atoms with Crippen LogP contribution in [0.5, 0.6) is 5.75 Å². The molecule has 0 aliphatic carbocycles. The van der Waals surface area contributed by atoms with Crippen molar-refractivity contribution in [1.29, 1.82) is 0 Å². The molecule has 4 nitrogen and oxygen atoms in total. The van der Waals surface area contributed by atoms with Gasteiger partial charge < -0.3 is 15.2 Å². The first-order chi connectivity index (χ1) is 8.54. The molecule has 1 rings (SSSR count). The molecule has 18 heavy (non-hydrogen) atoms. The van der Waals surface area contributed by atoms with Crippen LogP contribution in [0.2, 0.25) is 5.02 Å². The number of benzene rings is 1. The molecule has 0 amide bonds. The molecule has 0 fully saturated rings. The molecule has 0 heterocycles. The molecule has 0 radical (unpaired) electrons. The lowest BCUT2D eigenvalue weighted by Gasteiger charge is -2.12. The third-order valence-corrected chi connectivity index (χ3v) is 2.58. The average molecular weight is 270 g/mol. The van der Waals surface area contributed by atoms with Gasteiger partial charge in [-0.2, -0.15) is 0 Å². The number of carbonyl (C=O) groups is 1. The fourth-order valence-corrected chi connectivity index (χ4v) is 1.97. The summed E-state index contributed by atoms with van der Waals surface area (Å²) in [4.78, 5) is 10.3. The standard InChI is InChI=1S/C13H16ClNO3/c1-9-6-11(14)7-10(13(9)18-2)8-15-5-3-4-12(16)17/h3-4,6-7,15H,5,8H2,1-2H3,(H,16,17)/b4-3+. The van der Waals surface area contributed by atoms with E-state index in [1.54, 1.807) is 13.2 Å². The lowest BCUT2D eigenvalue weighted by Crippen LogP contribution is -2.14. The number of hydrogen-bond donors (Lipinski definition) is 2. The zero-order valence-electron chi connectivity index (χ0n) is 10.4. The topological polar surface area (TPSA) is 58.6 Å². The van der Waals surface area contributed by atoms with Crippen LogP contribution in [0.15, 0.2) is 24.3 Å². The number of aryl methyl sites for hydroxylation is 1. The Bertz CT molecular complexity index is 458. The van der Waals surface area contributed by atoms with Crippen molar-refractivity contribution in [3.8, 4) is 5.75 Å². The first kappa shape index (κ1) is 14.5. The quantitative estimate of drug-likeness (QED) is 0.615. The van der Waals surface area contributed by atoms with Gasteiger partial charge in [0, 0.05) is 29.8 Å². The van der Waals surface area contributed by atoms with Crippen molar-refractivity contribution in [3.63, 3.8) is 0 Å². The minimum absolute atomic E-state index is 0.473. The maximum absolute atomic E-state index is 10.3. The maximum Gasteiger partial charge on any atom is 0.328 e. The van der Waals surface area contributed by atoms with Gasteiger partial charge in [0.15, 0.2) is 0 Å². The number of carboxylic acids is 1. The highest BCUT2D eigenvalue weighted by Crippen LogP contribution is 2.27. The van der Waals surface area contributed by atoms with Gasteiger partial charge in [-0.25, -0.2) is 4.79 Å². The van der Waals surface area contributed by atoms with Crippen LogP contribution in [0.25, 0.3) is 0 Å². The normalized spacial score (nSPS) is 10.8. The number of methoxy groups -OCH3 is 1. The first-order valence-corrected chi connectivity index (χ1v) is 5.85. The number of nitrogens with one attached hydrogen (secondary N) is 1. The first-order valence-electron chi connectivity index (χ1n) is 5.47. The summed E-state index contributed by atoms with van der Waals surface area (Å²) >= 11 is 5.99. The van der Waals surface area contributed by atoms with Gasteiger partial charge in [-0.15, -0.1) is 0 Å². The van der Waals surface area contributed by atoms with Crippen LogP contribution in [-0.2, 0) is 11.3 Å². The van der Waals surface area contributed by atoms with E-state index in [-0.39, 0.29) is 0 Å². The summed E-state index contributed by atoms with van der Waals surface area (Å²) in [6, 6.07) is 3.68. The van der Waals surface area contributed by atoms with Gasteiger partial charge in [-0.3, -0.25) is 0 Å². The van der Waals surface area contributed by atoms with Crippen molar-refractivity contribution in [2.24, 2.45) is 0 Å². The van der Waals surface area contributed by atoms with E-state index in [9.17, 15) is 4.79 Å². The van der Waals surface area contributed by atoms with Gasteiger partial charge in [0.2, 0.25) is 0 Å². The summed E-state index contributed by atoms with van der Waals surface area (Å²) in [5.74, 6) is -0.151. The molecule has 5 heteroatoms. The molecule has 0 aliphatic heterocycles. The molecule has 1 aromatic carbocycles. The number of ether oxygens (including phenoxy) is 1. The van der Waals surface area contributed by atoms with Crippen LogP contribution in [0.3, 0.4) is 0 Å². The Labute approximate surface area is 111 Å². The van der Waals surface area contributed by atoms with Crippen LogP contribution in [-0.4, -0.2) is 24.7 Å². The zero-order chi connectivity index (χ0) is 13.5. The minimum Gasteiger partial charge on any atom is -0.496 e. The van der Waals surface area contributed by atoms with Gasteiger partial charge in [-0.05, 0) is 24.6 Å². The smallest absolute Gasteiger partial charge is 0.328 e. The predicted molar refractivity (Wildman–Crippen MR) is 71.2 cm³/mol. The second kappa shape index (κ2) is 7.03. The van der Waals surface area contributed by atoms with Crippen LogP contribution in [0.4, 0.5) is 0 Å². The molecule has 98 valence electrons. The Hall–Kier alpha value is -1.52. The Morgan fingerprint density at radius 1 is 1.56 bits per heavy atom. The van der Waals surface area contributed by atoms with E-state index in [2.05, 4.69) is 5.32 Å². The number of carboxylic acid groups (broad SMARTS) is 1. The number of aliphatic carboxylic acids is 1. The van der Waals surface area contributed by atoms with Gasteiger partial charge in [0.05, 0.1) is 7.11 Å². The Morgan fingerprint density at radius 3 is 2.89 bits per heavy atom. The fraction of sp³-hybridized carbons (Fsp3) is 0.308. The van der Waals surface area contributed by atoms with E-state index >= 15 is 0 Å². The van der Waals surface area contributed by atoms with Gasteiger partial charge in [-0.1, -0.05) is 17.7 Å². The molecule has 0 aromatic heterocycles. The van der Waals surface area contributed by atoms with Gasteiger partial charge in [0.1, 0.15) is 5.75 Å². The maximum atomic E-state index is 10.3. The Balaban J connectivity index is 2.64. The highest BCUT2D eigenvalue weighted by molar-refractivity contribution is 6.30. The summed E-state index contributed by atoms with van der Waals surface area (Å²) in [7, 11) is 1.62. The Morgan fingerprint density at radius 2 is 2.28 bits per heavy atom. The van der Waals surface area contributed by atoms with Gasteiger partial charge in [0.25, 0.3) is 0 Å². The van der Waals surface area contributed by atoms with Crippen LogP contribution in [0.1, 0.15) is 11.1 Å². The van der Waals surface area contributed by atoms with Gasteiger partial charge >= 0.3 is 5.97 Å². The molecule has 0 saturated carbocycles.